The van der Waals surface area contributed by atoms with Gasteiger partial charge < -0.3 is 9.64 Å². The van der Waals surface area contributed by atoms with Crippen LogP contribution in [0.4, 0.5) is 4.79 Å². The molecule has 1 atom stereocenters. The van der Waals surface area contributed by atoms with Crippen molar-refractivity contribution in [3.05, 3.63) is 34.2 Å². The number of imidazole rings is 1. The van der Waals surface area contributed by atoms with Crippen LogP contribution in [-0.2, 0) is 21.4 Å². The van der Waals surface area contributed by atoms with Gasteiger partial charge in [-0.3, -0.25) is 24.0 Å². The lowest BCUT2D eigenvalue weighted by atomic mass is 9.97. The quantitative estimate of drug-likeness (QED) is 0.554. The fourth-order valence-electron chi connectivity index (χ4n) is 4.14. The summed E-state index contributed by atoms with van der Waals surface area (Å²) >= 11 is 0. The standard InChI is InChI=1S/C24H28N4O5/c1-24(2,3)33-23(32)27-13-16(14-27)7-5-6-15-8-9-17-19(12-15)26(4)22(31)28(17)18-10-11-20(29)25-21(18)30/h8-9,12,16,18H,7,10-11,13-14H2,1-4H3,(H,25,29,30). The van der Waals surface area contributed by atoms with Crippen molar-refractivity contribution in [2.24, 2.45) is 13.0 Å². The molecule has 0 radical (unpaired) electrons. The molecule has 1 unspecified atom stereocenters. The zero-order valence-corrected chi connectivity index (χ0v) is 19.3. The van der Waals surface area contributed by atoms with E-state index in [1.165, 1.54) is 9.13 Å². The number of hydrogen-bond donors (Lipinski definition) is 1. The van der Waals surface area contributed by atoms with Crippen LogP contribution in [-0.4, -0.2) is 50.6 Å². The van der Waals surface area contributed by atoms with Gasteiger partial charge in [-0.2, -0.15) is 0 Å². The Balaban J connectivity index is 1.44. The van der Waals surface area contributed by atoms with Gasteiger partial charge in [0.1, 0.15) is 11.6 Å². The first-order valence-electron chi connectivity index (χ1n) is 11.0. The van der Waals surface area contributed by atoms with Gasteiger partial charge >= 0.3 is 11.8 Å². The van der Waals surface area contributed by atoms with Crippen molar-refractivity contribution < 1.29 is 19.1 Å². The number of imide groups is 1. The minimum atomic E-state index is -0.706. The Hall–Kier alpha value is -3.54. The van der Waals surface area contributed by atoms with E-state index in [0.29, 0.717) is 42.9 Å². The Labute approximate surface area is 191 Å². The molecule has 0 spiro atoms. The number of benzene rings is 1. The molecule has 0 saturated carbocycles. The second-order valence-electron chi connectivity index (χ2n) is 9.64. The van der Waals surface area contributed by atoms with Crippen molar-refractivity contribution in [2.75, 3.05) is 13.1 Å². The van der Waals surface area contributed by atoms with Crippen LogP contribution >= 0.6 is 0 Å². The zero-order chi connectivity index (χ0) is 23.9. The number of piperidine rings is 1. The molecule has 0 bridgehead atoms. The molecule has 2 aliphatic heterocycles. The number of nitrogens with zero attached hydrogens (tertiary/aromatic N) is 3. The largest absolute Gasteiger partial charge is 0.444 e. The summed E-state index contributed by atoms with van der Waals surface area (Å²) in [4.78, 5) is 50.3. The number of aryl methyl sites for hydroxylation is 1. The number of aromatic nitrogens is 2. The predicted octanol–water partition coefficient (Wildman–Crippen LogP) is 1.93. The Kier molecular flexibility index (Phi) is 5.78. The second kappa shape index (κ2) is 8.43. The SMILES string of the molecule is Cn1c(=O)n(C2CCC(=O)NC2=O)c2ccc(C#CCC3CN(C(=O)OC(C)(C)C)C3)cc21. The van der Waals surface area contributed by atoms with Crippen LogP contribution < -0.4 is 11.0 Å². The van der Waals surface area contributed by atoms with Crippen molar-refractivity contribution in [1.29, 1.82) is 0 Å². The number of nitrogens with one attached hydrogen (secondary N) is 1. The van der Waals surface area contributed by atoms with E-state index < -0.39 is 17.6 Å². The summed E-state index contributed by atoms with van der Waals surface area (Å²) in [5.74, 6) is 5.84. The van der Waals surface area contributed by atoms with Gasteiger partial charge in [0.15, 0.2) is 0 Å². The van der Waals surface area contributed by atoms with Crippen molar-refractivity contribution in [3.63, 3.8) is 0 Å². The third-order valence-electron chi connectivity index (χ3n) is 5.84. The van der Waals surface area contributed by atoms with Crippen LogP contribution in [0.1, 0.15) is 51.6 Å². The molecule has 174 valence electrons. The lowest BCUT2D eigenvalue weighted by Crippen LogP contribution is -2.51. The average Bonchev–Trinajstić information content (AvgIpc) is 2.93. The fourth-order valence-corrected chi connectivity index (χ4v) is 4.14. The molecule has 9 nitrogen and oxygen atoms in total. The molecule has 2 fully saturated rings. The molecule has 9 heteroatoms. The van der Waals surface area contributed by atoms with Crippen LogP contribution in [0, 0.1) is 17.8 Å². The number of rotatable bonds is 2. The van der Waals surface area contributed by atoms with Crippen LogP contribution in [0.25, 0.3) is 11.0 Å². The van der Waals surface area contributed by atoms with Crippen LogP contribution in [0.5, 0.6) is 0 Å². The maximum atomic E-state index is 12.8. The Morgan fingerprint density at radius 2 is 1.91 bits per heavy atom. The van der Waals surface area contributed by atoms with E-state index in [9.17, 15) is 19.2 Å². The van der Waals surface area contributed by atoms with E-state index in [1.807, 2.05) is 32.9 Å². The number of carbonyl (C=O) groups is 3. The normalized spacial score (nSPS) is 19.0. The van der Waals surface area contributed by atoms with E-state index in [1.54, 1.807) is 18.0 Å². The molecular formula is C24H28N4O5. The van der Waals surface area contributed by atoms with E-state index in [2.05, 4.69) is 17.2 Å². The van der Waals surface area contributed by atoms with Crippen LogP contribution in [0.15, 0.2) is 23.0 Å². The number of fused-ring (bicyclic) bond motifs is 1. The fraction of sp³-hybridized carbons (Fsp3) is 0.500. The number of amides is 3. The number of hydrogen-bond acceptors (Lipinski definition) is 5. The van der Waals surface area contributed by atoms with Crippen molar-refractivity contribution in [1.82, 2.24) is 19.4 Å². The molecule has 1 aromatic heterocycles. The summed E-state index contributed by atoms with van der Waals surface area (Å²) in [5.41, 5.74) is 1.27. The molecule has 0 aliphatic carbocycles. The number of ether oxygens (including phenoxy) is 1. The van der Waals surface area contributed by atoms with Gasteiger partial charge in [-0.15, -0.1) is 0 Å². The van der Waals surface area contributed by atoms with Crippen molar-refractivity contribution in [3.8, 4) is 11.8 Å². The zero-order valence-electron chi connectivity index (χ0n) is 19.3. The highest BCUT2D eigenvalue weighted by atomic mass is 16.6. The van der Waals surface area contributed by atoms with E-state index >= 15 is 0 Å². The Morgan fingerprint density at radius 1 is 1.18 bits per heavy atom. The third-order valence-corrected chi connectivity index (χ3v) is 5.84. The van der Waals surface area contributed by atoms with E-state index in [4.69, 9.17) is 4.74 Å². The van der Waals surface area contributed by atoms with Crippen LogP contribution in [0.3, 0.4) is 0 Å². The number of carbonyl (C=O) groups excluding carboxylic acids is 3. The molecule has 4 rings (SSSR count). The predicted molar refractivity (Wildman–Crippen MR) is 121 cm³/mol. The van der Waals surface area contributed by atoms with Gasteiger partial charge in [-0.05, 0) is 45.4 Å². The molecule has 1 aromatic carbocycles. The maximum absolute atomic E-state index is 12.8. The maximum Gasteiger partial charge on any atom is 0.410 e. The second-order valence-corrected chi connectivity index (χ2v) is 9.64. The Morgan fingerprint density at radius 3 is 2.58 bits per heavy atom. The van der Waals surface area contributed by atoms with Crippen molar-refractivity contribution in [2.45, 2.75) is 51.7 Å². The molecule has 1 N–H and O–H groups in total. The Bertz CT molecular complexity index is 1250. The summed E-state index contributed by atoms with van der Waals surface area (Å²) in [5, 5.41) is 2.31. The van der Waals surface area contributed by atoms with Crippen molar-refractivity contribution >= 4 is 28.9 Å². The highest BCUT2D eigenvalue weighted by Crippen LogP contribution is 2.24. The highest BCUT2D eigenvalue weighted by Gasteiger charge is 2.33. The minimum Gasteiger partial charge on any atom is -0.444 e. The topological polar surface area (TPSA) is 103 Å². The van der Waals surface area contributed by atoms with Crippen LogP contribution in [0.2, 0.25) is 0 Å². The first-order chi connectivity index (χ1) is 15.5. The minimum absolute atomic E-state index is 0.204. The molecule has 3 amide bonds. The molecular weight excluding hydrogens is 424 g/mol. The molecule has 2 saturated heterocycles. The molecule has 33 heavy (non-hydrogen) atoms. The first kappa shape index (κ1) is 22.6. The molecule has 2 aliphatic rings. The lowest BCUT2D eigenvalue weighted by Gasteiger charge is -2.39. The van der Waals surface area contributed by atoms with Gasteiger partial charge in [-0.1, -0.05) is 11.8 Å². The number of likely N-dealkylation sites (tertiary alicyclic amines) is 1. The summed E-state index contributed by atoms with van der Waals surface area (Å²) in [6, 6.07) is 4.74. The summed E-state index contributed by atoms with van der Waals surface area (Å²) in [7, 11) is 1.66. The van der Waals surface area contributed by atoms with Gasteiger partial charge in [0.05, 0.1) is 11.0 Å². The lowest BCUT2D eigenvalue weighted by molar-refractivity contribution is -0.135. The first-order valence-corrected chi connectivity index (χ1v) is 11.0. The molecule has 3 heterocycles. The van der Waals surface area contributed by atoms with E-state index in [-0.39, 0.29) is 24.1 Å². The monoisotopic (exact) mass is 452 g/mol. The summed E-state index contributed by atoms with van der Waals surface area (Å²) in [6.45, 7) is 6.80. The smallest absolute Gasteiger partial charge is 0.410 e. The van der Waals surface area contributed by atoms with Gasteiger partial charge in [0.25, 0.3) is 0 Å². The summed E-state index contributed by atoms with van der Waals surface area (Å²) < 4.78 is 8.31. The average molecular weight is 453 g/mol. The molecule has 2 aromatic rings. The summed E-state index contributed by atoms with van der Waals surface area (Å²) in [6.07, 6.45) is 0.870. The third kappa shape index (κ3) is 4.65. The van der Waals surface area contributed by atoms with Gasteiger partial charge in [0.2, 0.25) is 11.8 Å². The van der Waals surface area contributed by atoms with Gasteiger partial charge in [0, 0.05) is 44.5 Å². The van der Waals surface area contributed by atoms with E-state index in [0.717, 1.165) is 5.56 Å². The van der Waals surface area contributed by atoms with Gasteiger partial charge in [-0.25, -0.2) is 9.59 Å². The highest BCUT2D eigenvalue weighted by molar-refractivity contribution is 6.00.